The molecule has 4 heteroatoms. The first-order valence-electron chi connectivity index (χ1n) is 9.01. The average Bonchev–Trinajstić information content (AvgIpc) is 3.33. The number of benzene rings is 2. The van der Waals surface area contributed by atoms with Crippen molar-refractivity contribution in [1.29, 1.82) is 0 Å². The van der Waals surface area contributed by atoms with E-state index in [4.69, 9.17) is 4.42 Å². The van der Waals surface area contributed by atoms with Gasteiger partial charge in [0, 0.05) is 6.04 Å². The molecule has 2 atom stereocenters. The molecule has 1 aliphatic rings. The van der Waals surface area contributed by atoms with Crippen molar-refractivity contribution in [3.05, 3.63) is 95.9 Å². The molecule has 4 nitrogen and oxygen atoms in total. The topological polar surface area (TPSA) is 54.3 Å². The summed E-state index contributed by atoms with van der Waals surface area (Å²) in [6, 6.07) is 23.4. The SMILES string of the molecule is O=C(NC1CC1)[C@H](N[C@H](c1ccccc1)c1ccco1)c1ccccc1. The highest BCUT2D eigenvalue weighted by atomic mass is 16.3. The van der Waals surface area contributed by atoms with Gasteiger partial charge in [0.2, 0.25) is 5.91 Å². The Balaban J connectivity index is 1.66. The lowest BCUT2D eigenvalue weighted by Crippen LogP contribution is -2.40. The van der Waals surface area contributed by atoms with Crippen LogP contribution in [-0.4, -0.2) is 11.9 Å². The maximum atomic E-state index is 12.9. The molecule has 1 aromatic heterocycles. The van der Waals surface area contributed by atoms with Gasteiger partial charge < -0.3 is 9.73 Å². The maximum Gasteiger partial charge on any atom is 0.241 e. The molecular formula is C22H22N2O2. The van der Waals surface area contributed by atoms with E-state index in [1.807, 2.05) is 72.8 Å². The fraction of sp³-hybridized carbons (Fsp3) is 0.227. The van der Waals surface area contributed by atoms with Crippen LogP contribution in [0.4, 0.5) is 0 Å². The number of rotatable bonds is 7. The summed E-state index contributed by atoms with van der Waals surface area (Å²) in [4.78, 5) is 12.9. The van der Waals surface area contributed by atoms with Gasteiger partial charge in [0.25, 0.3) is 0 Å². The highest BCUT2D eigenvalue weighted by Gasteiger charge is 2.31. The minimum atomic E-state index is -0.452. The number of furan rings is 1. The molecule has 4 rings (SSSR count). The van der Waals surface area contributed by atoms with Crippen molar-refractivity contribution in [2.75, 3.05) is 0 Å². The summed E-state index contributed by atoms with van der Waals surface area (Å²) < 4.78 is 5.67. The molecule has 0 saturated heterocycles. The van der Waals surface area contributed by atoms with Gasteiger partial charge in [0.05, 0.1) is 12.3 Å². The number of amides is 1. The highest BCUT2D eigenvalue weighted by molar-refractivity contribution is 5.83. The minimum Gasteiger partial charge on any atom is -0.467 e. The molecule has 0 bridgehead atoms. The van der Waals surface area contributed by atoms with Crippen LogP contribution >= 0.6 is 0 Å². The van der Waals surface area contributed by atoms with Crippen molar-refractivity contribution in [2.45, 2.75) is 31.0 Å². The second kappa shape index (κ2) is 7.58. The van der Waals surface area contributed by atoms with Crippen molar-refractivity contribution in [2.24, 2.45) is 0 Å². The number of nitrogens with one attached hydrogen (secondary N) is 2. The van der Waals surface area contributed by atoms with Crippen LogP contribution in [0.2, 0.25) is 0 Å². The molecule has 132 valence electrons. The average molecular weight is 346 g/mol. The van der Waals surface area contributed by atoms with Gasteiger partial charge in [0.15, 0.2) is 0 Å². The van der Waals surface area contributed by atoms with E-state index in [0.29, 0.717) is 6.04 Å². The molecule has 1 heterocycles. The molecule has 1 aliphatic carbocycles. The van der Waals surface area contributed by atoms with Gasteiger partial charge in [-0.3, -0.25) is 10.1 Å². The van der Waals surface area contributed by atoms with Crippen molar-refractivity contribution in [3.63, 3.8) is 0 Å². The molecule has 1 saturated carbocycles. The third-order valence-electron chi connectivity index (χ3n) is 4.61. The zero-order valence-electron chi connectivity index (χ0n) is 14.5. The smallest absolute Gasteiger partial charge is 0.241 e. The molecule has 1 fully saturated rings. The van der Waals surface area contributed by atoms with E-state index in [0.717, 1.165) is 29.7 Å². The van der Waals surface area contributed by atoms with Crippen LogP contribution in [-0.2, 0) is 4.79 Å². The summed E-state index contributed by atoms with van der Waals surface area (Å²) in [5.41, 5.74) is 2.00. The van der Waals surface area contributed by atoms with Gasteiger partial charge in [-0.05, 0) is 36.1 Å². The van der Waals surface area contributed by atoms with Crippen LogP contribution in [0.5, 0.6) is 0 Å². The van der Waals surface area contributed by atoms with Crippen molar-refractivity contribution in [3.8, 4) is 0 Å². The van der Waals surface area contributed by atoms with Gasteiger partial charge >= 0.3 is 0 Å². The first-order valence-corrected chi connectivity index (χ1v) is 9.01. The Labute approximate surface area is 153 Å². The highest BCUT2D eigenvalue weighted by Crippen LogP contribution is 2.28. The van der Waals surface area contributed by atoms with Gasteiger partial charge in [-0.15, -0.1) is 0 Å². The van der Waals surface area contributed by atoms with E-state index < -0.39 is 6.04 Å². The van der Waals surface area contributed by atoms with Crippen LogP contribution in [0.15, 0.2) is 83.5 Å². The Morgan fingerprint density at radius 2 is 1.54 bits per heavy atom. The lowest BCUT2D eigenvalue weighted by Gasteiger charge is -2.25. The normalized spacial score (nSPS) is 16.0. The van der Waals surface area contributed by atoms with E-state index in [2.05, 4.69) is 10.6 Å². The molecule has 2 N–H and O–H groups in total. The quantitative estimate of drug-likeness (QED) is 0.680. The summed E-state index contributed by atoms with van der Waals surface area (Å²) in [5, 5.41) is 6.64. The van der Waals surface area contributed by atoms with Gasteiger partial charge in [-0.1, -0.05) is 60.7 Å². The standard InChI is InChI=1S/C22H22N2O2/c25-22(23-18-13-14-18)21(17-10-5-2-6-11-17)24-20(19-12-7-15-26-19)16-8-3-1-4-9-16/h1-12,15,18,20-21,24H,13-14H2,(H,23,25)/t20-,21-/m1/s1. The van der Waals surface area contributed by atoms with E-state index in [9.17, 15) is 4.79 Å². The van der Waals surface area contributed by atoms with Gasteiger partial charge in [-0.25, -0.2) is 0 Å². The van der Waals surface area contributed by atoms with Crippen molar-refractivity contribution in [1.82, 2.24) is 10.6 Å². The Bertz CT molecular complexity index is 827. The lowest BCUT2D eigenvalue weighted by molar-refractivity contribution is -0.123. The Morgan fingerprint density at radius 1 is 0.885 bits per heavy atom. The van der Waals surface area contributed by atoms with Crippen LogP contribution in [0.1, 0.15) is 41.8 Å². The summed E-state index contributed by atoms with van der Waals surface area (Å²) in [7, 11) is 0. The zero-order chi connectivity index (χ0) is 17.8. The second-order valence-corrected chi connectivity index (χ2v) is 6.65. The molecule has 3 aromatic rings. The third kappa shape index (κ3) is 3.86. The van der Waals surface area contributed by atoms with Gasteiger partial charge in [-0.2, -0.15) is 0 Å². The molecule has 2 aromatic carbocycles. The summed E-state index contributed by atoms with van der Waals surface area (Å²) >= 11 is 0. The van der Waals surface area contributed by atoms with E-state index >= 15 is 0 Å². The van der Waals surface area contributed by atoms with Crippen LogP contribution in [0.3, 0.4) is 0 Å². The lowest BCUT2D eigenvalue weighted by atomic mass is 10.00. The van der Waals surface area contributed by atoms with Crippen LogP contribution < -0.4 is 10.6 Å². The second-order valence-electron chi connectivity index (χ2n) is 6.65. The number of hydrogen-bond acceptors (Lipinski definition) is 3. The Kier molecular flexibility index (Phi) is 4.84. The Hall–Kier alpha value is -2.85. The van der Waals surface area contributed by atoms with Crippen LogP contribution in [0, 0.1) is 0 Å². The fourth-order valence-electron chi connectivity index (χ4n) is 3.09. The van der Waals surface area contributed by atoms with Crippen LogP contribution in [0.25, 0.3) is 0 Å². The summed E-state index contributed by atoms with van der Waals surface area (Å²) in [5.74, 6) is 0.794. The van der Waals surface area contributed by atoms with E-state index in [1.165, 1.54) is 0 Å². The van der Waals surface area contributed by atoms with Crippen molar-refractivity contribution < 1.29 is 9.21 Å². The van der Waals surface area contributed by atoms with E-state index in [1.54, 1.807) is 6.26 Å². The molecular weight excluding hydrogens is 324 g/mol. The number of carbonyl (C=O) groups is 1. The maximum absolute atomic E-state index is 12.9. The molecule has 0 aliphatic heterocycles. The minimum absolute atomic E-state index is 0.00573. The first kappa shape index (κ1) is 16.6. The molecule has 0 spiro atoms. The molecule has 0 unspecified atom stereocenters. The molecule has 1 amide bonds. The Morgan fingerprint density at radius 3 is 2.12 bits per heavy atom. The monoisotopic (exact) mass is 346 g/mol. The molecule has 26 heavy (non-hydrogen) atoms. The van der Waals surface area contributed by atoms with Crippen molar-refractivity contribution >= 4 is 5.91 Å². The predicted molar refractivity (Wildman–Crippen MR) is 100 cm³/mol. The van der Waals surface area contributed by atoms with E-state index in [-0.39, 0.29) is 11.9 Å². The largest absolute Gasteiger partial charge is 0.467 e. The zero-order valence-corrected chi connectivity index (χ0v) is 14.5. The predicted octanol–water partition coefficient (Wildman–Crippen LogP) is 3.98. The third-order valence-corrected chi connectivity index (χ3v) is 4.61. The number of hydrogen-bond donors (Lipinski definition) is 2. The van der Waals surface area contributed by atoms with Gasteiger partial charge in [0.1, 0.15) is 11.8 Å². The molecule has 0 radical (unpaired) electrons. The summed E-state index contributed by atoms with van der Waals surface area (Å²) in [6.07, 6.45) is 3.79. The fourth-order valence-corrected chi connectivity index (χ4v) is 3.09. The first-order chi connectivity index (χ1) is 12.8. The number of carbonyl (C=O) groups excluding carboxylic acids is 1. The summed E-state index contributed by atoms with van der Waals surface area (Å²) in [6.45, 7) is 0.